The topological polar surface area (TPSA) is 35.6 Å². The highest BCUT2D eigenvalue weighted by Gasteiger charge is 2.35. The number of nitrogens with one attached hydrogen (secondary N) is 1. The molecule has 0 saturated carbocycles. The molecule has 4 heteroatoms. The van der Waals surface area contributed by atoms with Crippen LogP contribution in [0.15, 0.2) is 0 Å². The molecule has 2 bridgehead atoms. The number of hydrogen-bond donors (Lipinski definition) is 1. The van der Waals surface area contributed by atoms with E-state index in [1.807, 2.05) is 4.90 Å². The van der Waals surface area contributed by atoms with Gasteiger partial charge in [0.05, 0.1) is 0 Å². The Balaban J connectivity index is 1.48. The van der Waals surface area contributed by atoms with Crippen LogP contribution in [0.25, 0.3) is 0 Å². The van der Waals surface area contributed by atoms with Gasteiger partial charge in [0.15, 0.2) is 0 Å². The van der Waals surface area contributed by atoms with Gasteiger partial charge >= 0.3 is 0 Å². The molecule has 0 spiro atoms. The maximum atomic E-state index is 11.3. The maximum Gasteiger partial charge on any atom is 0.219 e. The molecule has 3 aliphatic heterocycles. The molecule has 3 heterocycles. The van der Waals surface area contributed by atoms with Gasteiger partial charge in [0.2, 0.25) is 5.91 Å². The molecular weight excluding hydrogens is 226 g/mol. The summed E-state index contributed by atoms with van der Waals surface area (Å²) in [5.41, 5.74) is 0. The Labute approximate surface area is 110 Å². The van der Waals surface area contributed by atoms with Gasteiger partial charge in [0.1, 0.15) is 0 Å². The third kappa shape index (κ3) is 2.54. The van der Waals surface area contributed by atoms with Gasteiger partial charge in [-0.05, 0) is 44.7 Å². The van der Waals surface area contributed by atoms with Crippen LogP contribution < -0.4 is 5.32 Å². The highest BCUT2D eigenvalue weighted by atomic mass is 16.2. The van der Waals surface area contributed by atoms with Crippen molar-refractivity contribution in [2.75, 3.05) is 32.7 Å². The smallest absolute Gasteiger partial charge is 0.219 e. The minimum atomic E-state index is 0.234. The van der Waals surface area contributed by atoms with E-state index in [0.29, 0.717) is 6.04 Å². The van der Waals surface area contributed by atoms with E-state index < -0.39 is 0 Å². The molecule has 3 rings (SSSR count). The van der Waals surface area contributed by atoms with Gasteiger partial charge in [0, 0.05) is 38.6 Å². The van der Waals surface area contributed by atoms with Gasteiger partial charge in [-0.25, -0.2) is 0 Å². The number of carbonyl (C=O) groups excluding carboxylic acids is 1. The molecule has 0 aliphatic carbocycles. The molecule has 3 aliphatic rings. The van der Waals surface area contributed by atoms with Crippen LogP contribution >= 0.6 is 0 Å². The van der Waals surface area contributed by atoms with Gasteiger partial charge in [-0.15, -0.1) is 0 Å². The summed E-state index contributed by atoms with van der Waals surface area (Å²) in [5.74, 6) is 1.11. The SMILES string of the molecule is CC(=O)N1CCC(NC2CCN3CCC2C3)CC1. The van der Waals surface area contributed by atoms with Crippen molar-refractivity contribution in [3.8, 4) is 0 Å². The first-order valence-electron chi connectivity index (χ1n) is 7.46. The highest BCUT2D eigenvalue weighted by Crippen LogP contribution is 2.28. The monoisotopic (exact) mass is 251 g/mol. The summed E-state index contributed by atoms with van der Waals surface area (Å²) >= 11 is 0. The molecule has 3 fully saturated rings. The van der Waals surface area contributed by atoms with Crippen LogP contribution in [0.1, 0.15) is 32.6 Å². The zero-order valence-corrected chi connectivity index (χ0v) is 11.4. The normalized spacial score (nSPS) is 36.9. The van der Waals surface area contributed by atoms with Gasteiger partial charge in [-0.3, -0.25) is 4.79 Å². The summed E-state index contributed by atoms with van der Waals surface area (Å²) < 4.78 is 0. The van der Waals surface area contributed by atoms with Gasteiger partial charge < -0.3 is 15.1 Å². The Bertz CT molecular complexity index is 312. The second kappa shape index (κ2) is 5.17. The van der Waals surface area contributed by atoms with Crippen molar-refractivity contribution in [3.63, 3.8) is 0 Å². The number of rotatable bonds is 2. The average molecular weight is 251 g/mol. The largest absolute Gasteiger partial charge is 0.343 e. The van der Waals surface area contributed by atoms with Crippen molar-refractivity contribution in [1.82, 2.24) is 15.1 Å². The van der Waals surface area contributed by atoms with Gasteiger partial charge in [-0.2, -0.15) is 0 Å². The highest BCUT2D eigenvalue weighted by molar-refractivity contribution is 5.73. The van der Waals surface area contributed by atoms with E-state index >= 15 is 0 Å². The van der Waals surface area contributed by atoms with E-state index in [1.54, 1.807) is 6.92 Å². The van der Waals surface area contributed by atoms with Crippen molar-refractivity contribution in [1.29, 1.82) is 0 Å². The zero-order chi connectivity index (χ0) is 12.5. The fourth-order valence-corrected chi connectivity index (χ4v) is 3.83. The first kappa shape index (κ1) is 12.4. The van der Waals surface area contributed by atoms with Crippen molar-refractivity contribution in [3.05, 3.63) is 0 Å². The van der Waals surface area contributed by atoms with Crippen LogP contribution in [0, 0.1) is 5.92 Å². The molecule has 18 heavy (non-hydrogen) atoms. The Morgan fingerprint density at radius 2 is 1.78 bits per heavy atom. The molecule has 4 nitrogen and oxygen atoms in total. The molecule has 1 amide bonds. The lowest BCUT2D eigenvalue weighted by Gasteiger charge is -2.37. The number of amides is 1. The minimum absolute atomic E-state index is 0.234. The first-order chi connectivity index (χ1) is 8.72. The molecule has 0 aromatic rings. The van der Waals surface area contributed by atoms with Crippen molar-refractivity contribution < 1.29 is 4.79 Å². The van der Waals surface area contributed by atoms with Crippen LogP contribution in [0.4, 0.5) is 0 Å². The van der Waals surface area contributed by atoms with Crippen LogP contribution in [0.5, 0.6) is 0 Å². The lowest BCUT2D eigenvalue weighted by atomic mass is 9.92. The number of carbonyl (C=O) groups is 1. The second-order valence-electron chi connectivity index (χ2n) is 6.19. The second-order valence-corrected chi connectivity index (χ2v) is 6.19. The van der Waals surface area contributed by atoms with Gasteiger partial charge in [0.25, 0.3) is 0 Å². The molecular formula is C14H25N3O. The molecule has 1 N–H and O–H groups in total. The minimum Gasteiger partial charge on any atom is -0.343 e. The lowest BCUT2D eigenvalue weighted by molar-refractivity contribution is -0.129. The van der Waals surface area contributed by atoms with Crippen molar-refractivity contribution in [2.45, 2.75) is 44.7 Å². The summed E-state index contributed by atoms with van der Waals surface area (Å²) in [5, 5.41) is 3.88. The van der Waals surface area contributed by atoms with E-state index in [9.17, 15) is 4.79 Å². The lowest BCUT2D eigenvalue weighted by Crippen LogP contribution is -2.51. The number of piperidine rings is 2. The van der Waals surface area contributed by atoms with Crippen LogP contribution in [-0.4, -0.2) is 60.5 Å². The Kier molecular flexibility index (Phi) is 3.57. The zero-order valence-electron chi connectivity index (χ0n) is 11.4. The predicted octanol–water partition coefficient (Wildman–Crippen LogP) is 0.681. The van der Waals surface area contributed by atoms with E-state index in [-0.39, 0.29) is 5.91 Å². The first-order valence-corrected chi connectivity index (χ1v) is 7.46. The summed E-state index contributed by atoms with van der Waals surface area (Å²) in [6.07, 6.45) is 4.96. The van der Waals surface area contributed by atoms with Crippen molar-refractivity contribution in [2.24, 2.45) is 5.92 Å². The molecule has 3 atom stereocenters. The van der Waals surface area contributed by atoms with E-state index in [1.165, 1.54) is 32.5 Å². The number of likely N-dealkylation sites (tertiary alicyclic amines) is 1. The Morgan fingerprint density at radius 1 is 1.06 bits per heavy atom. The van der Waals surface area contributed by atoms with Crippen molar-refractivity contribution >= 4 is 5.91 Å². The van der Waals surface area contributed by atoms with Gasteiger partial charge in [-0.1, -0.05) is 0 Å². The standard InChI is InChI=1S/C14H25N3O/c1-11(18)17-8-3-13(4-9-17)15-14-5-7-16-6-2-12(14)10-16/h12-15H,2-10H2,1H3. The van der Waals surface area contributed by atoms with Crippen LogP contribution in [-0.2, 0) is 4.79 Å². The molecule has 0 radical (unpaired) electrons. The molecule has 3 saturated heterocycles. The van der Waals surface area contributed by atoms with E-state index in [0.717, 1.165) is 37.9 Å². The summed E-state index contributed by atoms with van der Waals surface area (Å²) in [7, 11) is 0. The predicted molar refractivity (Wildman–Crippen MR) is 71.4 cm³/mol. The summed E-state index contributed by atoms with van der Waals surface area (Å²) in [6, 6.07) is 1.37. The quantitative estimate of drug-likeness (QED) is 0.784. The average Bonchev–Trinajstić information content (AvgIpc) is 2.76. The number of fused-ring (bicyclic) bond motifs is 2. The maximum absolute atomic E-state index is 11.3. The molecule has 0 aromatic carbocycles. The Hall–Kier alpha value is -0.610. The third-order valence-corrected chi connectivity index (χ3v) is 5.02. The number of hydrogen-bond acceptors (Lipinski definition) is 3. The molecule has 0 aromatic heterocycles. The Morgan fingerprint density at radius 3 is 2.50 bits per heavy atom. The summed E-state index contributed by atoms with van der Waals surface area (Å²) in [4.78, 5) is 15.9. The summed E-state index contributed by atoms with van der Waals surface area (Å²) in [6.45, 7) is 7.46. The fraction of sp³-hybridized carbons (Fsp3) is 0.929. The molecule has 102 valence electrons. The third-order valence-electron chi connectivity index (χ3n) is 5.02. The van der Waals surface area contributed by atoms with E-state index in [2.05, 4.69) is 10.2 Å². The van der Waals surface area contributed by atoms with Crippen LogP contribution in [0.2, 0.25) is 0 Å². The van der Waals surface area contributed by atoms with Crippen LogP contribution in [0.3, 0.4) is 0 Å². The molecule has 3 unspecified atom stereocenters. The fourth-order valence-electron chi connectivity index (χ4n) is 3.83. The number of nitrogens with zero attached hydrogens (tertiary/aromatic N) is 2. The van der Waals surface area contributed by atoms with E-state index in [4.69, 9.17) is 0 Å².